The van der Waals surface area contributed by atoms with Crippen molar-refractivity contribution in [2.24, 2.45) is 0 Å². The average Bonchev–Trinajstić information content (AvgIpc) is 1.64. The van der Waals surface area contributed by atoms with Gasteiger partial charge < -0.3 is 5.11 Å². The molecule has 1 fully saturated rings. The van der Waals surface area contributed by atoms with Crippen LogP contribution in [0.15, 0.2) is 0 Å². The van der Waals surface area contributed by atoms with Crippen LogP contribution in [0.2, 0.25) is 0 Å². The van der Waals surface area contributed by atoms with E-state index < -0.39 is 0 Å². The van der Waals surface area contributed by atoms with Crippen LogP contribution in [0.3, 0.4) is 0 Å². The van der Waals surface area contributed by atoms with Crippen LogP contribution in [0.25, 0.3) is 0 Å². The largest absolute Gasteiger partial charge is 0.393 e. The minimum absolute atomic E-state index is 0.0341. The molecular weight excluding hydrogens is 168 g/mol. The predicted molar refractivity (Wildman–Crippen MR) is 37.2 cm³/mol. The van der Waals surface area contributed by atoms with Crippen LogP contribution < -0.4 is 0 Å². The maximum atomic E-state index is 9.05. The van der Waals surface area contributed by atoms with Crippen molar-refractivity contribution in [1.29, 1.82) is 0 Å². The highest BCUT2D eigenvalue weighted by Gasteiger charge is 2.16. The van der Waals surface area contributed by atoms with Gasteiger partial charge in [0.15, 0.2) is 0 Å². The topological polar surface area (TPSA) is 20.2 Å². The molecule has 1 N–H and O–H groups in total. The number of halogens is 1. The summed E-state index contributed by atoms with van der Waals surface area (Å²) in [5.74, 6) is 0. The number of rotatable bonds is 0. The zero-order valence-corrected chi connectivity index (χ0v) is 6.39. The summed E-state index contributed by atoms with van der Waals surface area (Å²) in [4.78, 5) is 0.575. The molecule has 0 saturated heterocycles. The van der Waals surface area contributed by atoms with Gasteiger partial charge in [0.2, 0.25) is 0 Å². The van der Waals surface area contributed by atoms with E-state index in [1.165, 1.54) is 12.8 Å². The molecule has 0 aromatic heterocycles. The van der Waals surface area contributed by atoms with Crippen LogP contribution in [-0.4, -0.2) is 16.0 Å². The number of aliphatic hydroxyl groups is 1. The fourth-order valence-electron chi connectivity index (χ4n) is 1.11. The van der Waals surface area contributed by atoms with Crippen LogP contribution >= 0.6 is 15.9 Å². The second-order valence-electron chi connectivity index (χ2n) is 2.42. The molecule has 0 aliphatic heterocycles. The lowest BCUT2D eigenvalue weighted by molar-refractivity contribution is 0.134. The zero-order chi connectivity index (χ0) is 5.98. The Labute approximate surface area is 58.2 Å². The van der Waals surface area contributed by atoms with E-state index in [1.807, 2.05) is 0 Å². The first-order valence-electron chi connectivity index (χ1n) is 3.11. The standard InChI is InChI=1S/C6H11BrO/c7-5-2-1-3-6(8)4-5/h5-6,8H,1-4H2. The molecule has 1 rings (SSSR count). The highest BCUT2D eigenvalue weighted by Crippen LogP contribution is 2.23. The molecule has 1 saturated carbocycles. The SMILES string of the molecule is OC1CCCC(Br)C1. The maximum absolute atomic E-state index is 9.05. The summed E-state index contributed by atoms with van der Waals surface area (Å²) in [7, 11) is 0. The molecule has 2 unspecified atom stereocenters. The molecule has 0 aromatic rings. The smallest absolute Gasteiger partial charge is 0.0551 e. The first kappa shape index (κ1) is 6.56. The third-order valence-corrected chi connectivity index (χ3v) is 2.41. The fraction of sp³-hybridized carbons (Fsp3) is 1.00. The van der Waals surface area contributed by atoms with Gasteiger partial charge in [-0.15, -0.1) is 0 Å². The van der Waals surface area contributed by atoms with E-state index in [9.17, 15) is 0 Å². The lowest BCUT2D eigenvalue weighted by Gasteiger charge is -2.20. The van der Waals surface area contributed by atoms with Crippen LogP contribution in [0.1, 0.15) is 25.7 Å². The Morgan fingerprint density at radius 3 is 2.50 bits per heavy atom. The normalized spacial score (nSPS) is 39.8. The van der Waals surface area contributed by atoms with Crippen molar-refractivity contribution in [2.45, 2.75) is 36.6 Å². The first-order chi connectivity index (χ1) is 3.79. The van der Waals surface area contributed by atoms with Crippen molar-refractivity contribution < 1.29 is 5.11 Å². The summed E-state index contributed by atoms with van der Waals surface area (Å²) >= 11 is 3.47. The monoisotopic (exact) mass is 178 g/mol. The van der Waals surface area contributed by atoms with Crippen LogP contribution in [0, 0.1) is 0 Å². The summed E-state index contributed by atoms with van der Waals surface area (Å²) < 4.78 is 0. The summed E-state index contributed by atoms with van der Waals surface area (Å²) in [5, 5.41) is 9.05. The van der Waals surface area contributed by atoms with Gasteiger partial charge >= 0.3 is 0 Å². The number of hydrogen-bond acceptors (Lipinski definition) is 1. The Hall–Kier alpha value is 0.440. The minimum atomic E-state index is -0.0341. The van der Waals surface area contributed by atoms with E-state index in [2.05, 4.69) is 15.9 Å². The predicted octanol–water partition coefficient (Wildman–Crippen LogP) is 1.68. The molecule has 0 amide bonds. The van der Waals surface area contributed by atoms with E-state index in [-0.39, 0.29) is 6.10 Å². The lowest BCUT2D eigenvalue weighted by Crippen LogP contribution is -2.18. The molecule has 2 heteroatoms. The third-order valence-electron chi connectivity index (χ3n) is 1.58. The van der Waals surface area contributed by atoms with Gasteiger partial charge in [-0.2, -0.15) is 0 Å². The van der Waals surface area contributed by atoms with Gasteiger partial charge in [0.05, 0.1) is 6.10 Å². The Bertz CT molecular complexity index is 66.9. The van der Waals surface area contributed by atoms with Gasteiger partial charge in [0, 0.05) is 4.83 Å². The molecule has 1 nitrogen and oxygen atoms in total. The fourth-order valence-corrected chi connectivity index (χ4v) is 1.86. The van der Waals surface area contributed by atoms with E-state index in [0.717, 1.165) is 12.8 Å². The molecular formula is C6H11BrO. The van der Waals surface area contributed by atoms with E-state index in [4.69, 9.17) is 5.11 Å². The van der Waals surface area contributed by atoms with Crippen molar-refractivity contribution in [3.63, 3.8) is 0 Å². The van der Waals surface area contributed by atoms with Gasteiger partial charge in [0.25, 0.3) is 0 Å². The second-order valence-corrected chi connectivity index (χ2v) is 3.71. The summed E-state index contributed by atoms with van der Waals surface area (Å²) in [5.41, 5.74) is 0. The third kappa shape index (κ3) is 1.75. The highest BCUT2D eigenvalue weighted by molar-refractivity contribution is 9.09. The second kappa shape index (κ2) is 2.83. The lowest BCUT2D eigenvalue weighted by atomic mass is 9.98. The first-order valence-corrected chi connectivity index (χ1v) is 4.03. The van der Waals surface area contributed by atoms with Crippen LogP contribution in [0.4, 0.5) is 0 Å². The molecule has 8 heavy (non-hydrogen) atoms. The van der Waals surface area contributed by atoms with Crippen molar-refractivity contribution in [3.05, 3.63) is 0 Å². The molecule has 0 spiro atoms. The van der Waals surface area contributed by atoms with E-state index in [1.54, 1.807) is 0 Å². The van der Waals surface area contributed by atoms with Gasteiger partial charge in [-0.25, -0.2) is 0 Å². The maximum Gasteiger partial charge on any atom is 0.0551 e. The molecule has 0 bridgehead atoms. The van der Waals surface area contributed by atoms with Gasteiger partial charge in [0.1, 0.15) is 0 Å². The minimum Gasteiger partial charge on any atom is -0.393 e. The molecule has 0 radical (unpaired) electrons. The molecule has 1 aliphatic rings. The Morgan fingerprint density at radius 1 is 1.38 bits per heavy atom. The van der Waals surface area contributed by atoms with Gasteiger partial charge in [-0.05, 0) is 25.7 Å². The quantitative estimate of drug-likeness (QED) is 0.561. The van der Waals surface area contributed by atoms with E-state index >= 15 is 0 Å². The summed E-state index contributed by atoms with van der Waals surface area (Å²) in [6.45, 7) is 0. The Balaban J connectivity index is 2.23. The molecule has 1 aliphatic carbocycles. The van der Waals surface area contributed by atoms with Crippen molar-refractivity contribution in [1.82, 2.24) is 0 Å². The van der Waals surface area contributed by atoms with Gasteiger partial charge in [-0.3, -0.25) is 0 Å². The summed E-state index contributed by atoms with van der Waals surface area (Å²) in [6.07, 6.45) is 4.32. The Kier molecular flexibility index (Phi) is 2.32. The molecule has 0 aromatic carbocycles. The van der Waals surface area contributed by atoms with Crippen molar-refractivity contribution in [3.8, 4) is 0 Å². The zero-order valence-electron chi connectivity index (χ0n) is 4.81. The van der Waals surface area contributed by atoms with E-state index in [0.29, 0.717) is 4.83 Å². The summed E-state index contributed by atoms with van der Waals surface area (Å²) in [6, 6.07) is 0. The average molecular weight is 179 g/mol. The highest BCUT2D eigenvalue weighted by atomic mass is 79.9. The number of aliphatic hydroxyl groups excluding tert-OH is 1. The molecule has 0 heterocycles. The molecule has 48 valence electrons. The van der Waals surface area contributed by atoms with Crippen LogP contribution in [0.5, 0.6) is 0 Å². The number of alkyl halides is 1. The Morgan fingerprint density at radius 2 is 2.12 bits per heavy atom. The van der Waals surface area contributed by atoms with Gasteiger partial charge in [-0.1, -0.05) is 15.9 Å². The van der Waals surface area contributed by atoms with Crippen LogP contribution in [-0.2, 0) is 0 Å². The van der Waals surface area contributed by atoms with Crippen molar-refractivity contribution >= 4 is 15.9 Å². The van der Waals surface area contributed by atoms with Crippen molar-refractivity contribution in [2.75, 3.05) is 0 Å². The molecule has 2 atom stereocenters. The number of hydrogen-bond donors (Lipinski definition) is 1.